The molecule has 0 saturated heterocycles. The monoisotopic (exact) mass is 205 g/mol. The van der Waals surface area contributed by atoms with Gasteiger partial charge in [-0.25, -0.2) is 4.79 Å². The van der Waals surface area contributed by atoms with Gasteiger partial charge < -0.3 is 10.4 Å². The highest BCUT2D eigenvalue weighted by Gasteiger charge is 2.00. The van der Waals surface area contributed by atoms with Crippen LogP contribution in [0.3, 0.4) is 0 Å². The summed E-state index contributed by atoms with van der Waals surface area (Å²) in [7, 11) is 1.54. The van der Waals surface area contributed by atoms with Crippen molar-refractivity contribution in [3.8, 4) is 0 Å². The van der Waals surface area contributed by atoms with Gasteiger partial charge in [-0.2, -0.15) is 0 Å². The third-order valence-corrected chi connectivity index (χ3v) is 1.83. The van der Waals surface area contributed by atoms with Crippen LogP contribution in [-0.2, 0) is 4.79 Å². The fraction of sp³-hybridized carbons (Fsp3) is 0.0909. The summed E-state index contributed by atoms with van der Waals surface area (Å²) in [6, 6.07) is 6.27. The van der Waals surface area contributed by atoms with Crippen molar-refractivity contribution in [1.29, 1.82) is 0 Å². The molecule has 0 atom stereocenters. The number of rotatable bonds is 3. The number of hydrogen-bond donors (Lipinski definition) is 2. The number of hydrogen-bond acceptors (Lipinski definition) is 2. The van der Waals surface area contributed by atoms with Crippen molar-refractivity contribution in [2.75, 3.05) is 7.05 Å². The molecule has 1 amide bonds. The molecule has 0 radical (unpaired) electrons. The predicted molar refractivity (Wildman–Crippen MR) is 56.5 cm³/mol. The van der Waals surface area contributed by atoms with Crippen LogP contribution in [0.15, 0.2) is 30.3 Å². The van der Waals surface area contributed by atoms with Crippen LogP contribution in [0.5, 0.6) is 0 Å². The molecule has 0 aliphatic rings. The van der Waals surface area contributed by atoms with Gasteiger partial charge >= 0.3 is 5.97 Å². The maximum atomic E-state index is 10.9. The first kappa shape index (κ1) is 11.0. The quantitative estimate of drug-likeness (QED) is 0.727. The summed E-state index contributed by atoms with van der Waals surface area (Å²) in [5, 5.41) is 11.1. The Bertz CT molecular complexity index is 393. The first-order valence-corrected chi connectivity index (χ1v) is 4.36. The number of benzene rings is 1. The lowest BCUT2D eigenvalue weighted by Gasteiger charge is -1.95. The molecular formula is C11H11NO3. The molecule has 15 heavy (non-hydrogen) atoms. The van der Waals surface area contributed by atoms with E-state index in [9.17, 15) is 9.59 Å². The summed E-state index contributed by atoms with van der Waals surface area (Å²) in [5.74, 6) is -1.16. The molecule has 4 nitrogen and oxygen atoms in total. The zero-order valence-corrected chi connectivity index (χ0v) is 8.23. The van der Waals surface area contributed by atoms with Crippen LogP contribution < -0.4 is 5.32 Å². The van der Waals surface area contributed by atoms with Crippen molar-refractivity contribution in [3.63, 3.8) is 0 Å². The highest BCUT2D eigenvalue weighted by molar-refractivity contribution is 5.92. The van der Waals surface area contributed by atoms with Crippen LogP contribution in [0.4, 0.5) is 0 Å². The van der Waals surface area contributed by atoms with E-state index in [4.69, 9.17) is 5.11 Å². The Morgan fingerprint density at radius 2 is 1.87 bits per heavy atom. The number of aromatic carboxylic acids is 1. The van der Waals surface area contributed by atoms with E-state index >= 15 is 0 Å². The first-order chi connectivity index (χ1) is 7.13. The van der Waals surface area contributed by atoms with Gasteiger partial charge in [0.1, 0.15) is 0 Å². The number of likely N-dealkylation sites (N-methyl/N-ethyl adjacent to an activating group) is 1. The number of nitrogens with one attached hydrogen (secondary N) is 1. The highest BCUT2D eigenvalue weighted by atomic mass is 16.4. The topological polar surface area (TPSA) is 66.4 Å². The Kier molecular flexibility index (Phi) is 3.62. The van der Waals surface area contributed by atoms with Crippen LogP contribution in [0.1, 0.15) is 15.9 Å². The lowest BCUT2D eigenvalue weighted by molar-refractivity contribution is -0.115. The van der Waals surface area contributed by atoms with Crippen LogP contribution >= 0.6 is 0 Å². The first-order valence-electron chi connectivity index (χ1n) is 4.36. The summed E-state index contributed by atoms with van der Waals surface area (Å²) < 4.78 is 0. The van der Waals surface area contributed by atoms with Gasteiger partial charge in [0.05, 0.1) is 5.56 Å². The lowest BCUT2D eigenvalue weighted by atomic mass is 10.1. The fourth-order valence-electron chi connectivity index (χ4n) is 0.992. The Hall–Kier alpha value is -2.10. The molecule has 0 saturated carbocycles. The molecule has 1 aromatic carbocycles. The molecule has 0 aromatic heterocycles. The van der Waals surface area contributed by atoms with E-state index in [1.54, 1.807) is 25.3 Å². The maximum Gasteiger partial charge on any atom is 0.335 e. The molecule has 0 fully saturated rings. The van der Waals surface area contributed by atoms with Crippen molar-refractivity contribution in [2.45, 2.75) is 0 Å². The van der Waals surface area contributed by atoms with Crippen LogP contribution in [-0.4, -0.2) is 24.0 Å². The largest absolute Gasteiger partial charge is 0.478 e. The summed E-state index contributed by atoms with van der Waals surface area (Å²) >= 11 is 0. The predicted octanol–water partition coefficient (Wildman–Crippen LogP) is 1.14. The number of carbonyl (C=O) groups is 2. The van der Waals surface area contributed by atoms with Gasteiger partial charge in [0, 0.05) is 13.1 Å². The van der Waals surface area contributed by atoms with Crippen LogP contribution in [0.2, 0.25) is 0 Å². The Balaban J connectivity index is 2.77. The number of carboxylic acids is 1. The summed E-state index contributed by atoms with van der Waals surface area (Å²) in [4.78, 5) is 21.4. The van der Waals surface area contributed by atoms with Crippen molar-refractivity contribution < 1.29 is 14.7 Å². The normalized spacial score (nSPS) is 10.2. The van der Waals surface area contributed by atoms with Crippen LogP contribution in [0, 0.1) is 0 Å². The lowest BCUT2D eigenvalue weighted by Crippen LogP contribution is -2.13. The summed E-state index contributed by atoms with van der Waals surface area (Å²) in [5.41, 5.74) is 1.01. The number of carbonyl (C=O) groups excluding carboxylic acids is 1. The number of carboxylic acid groups (broad SMARTS) is 1. The number of amides is 1. The van der Waals surface area contributed by atoms with Crippen molar-refractivity contribution in [1.82, 2.24) is 5.32 Å². The highest BCUT2D eigenvalue weighted by Crippen LogP contribution is 2.05. The van der Waals surface area contributed by atoms with Crippen molar-refractivity contribution in [3.05, 3.63) is 41.5 Å². The van der Waals surface area contributed by atoms with Gasteiger partial charge in [-0.15, -0.1) is 0 Å². The third kappa shape index (κ3) is 3.27. The molecule has 0 heterocycles. The van der Waals surface area contributed by atoms with E-state index in [1.807, 2.05) is 0 Å². The second kappa shape index (κ2) is 4.95. The van der Waals surface area contributed by atoms with Gasteiger partial charge in [0.2, 0.25) is 5.91 Å². The molecule has 0 aliphatic heterocycles. The molecule has 2 N–H and O–H groups in total. The van der Waals surface area contributed by atoms with E-state index in [-0.39, 0.29) is 11.5 Å². The Morgan fingerprint density at radius 1 is 1.27 bits per heavy atom. The summed E-state index contributed by atoms with van der Waals surface area (Å²) in [6.07, 6.45) is 3.00. The molecule has 4 heteroatoms. The molecule has 1 rings (SSSR count). The second-order valence-electron chi connectivity index (χ2n) is 2.87. The molecule has 0 bridgehead atoms. The minimum atomic E-state index is -0.961. The van der Waals surface area contributed by atoms with Crippen LogP contribution in [0.25, 0.3) is 6.08 Å². The summed E-state index contributed by atoms with van der Waals surface area (Å²) in [6.45, 7) is 0. The Labute approximate surface area is 87.2 Å². The smallest absolute Gasteiger partial charge is 0.335 e. The standard InChI is InChI=1S/C11H11NO3/c1-12-10(13)7-4-8-2-5-9(6-3-8)11(14)15/h2-7H,1H3,(H,12,13)(H,14,15)/b7-4+. The van der Waals surface area contributed by atoms with Crippen molar-refractivity contribution >= 4 is 18.0 Å². The molecule has 78 valence electrons. The zero-order chi connectivity index (χ0) is 11.3. The van der Waals surface area contributed by atoms with E-state index in [2.05, 4.69) is 5.32 Å². The van der Waals surface area contributed by atoms with E-state index in [1.165, 1.54) is 18.2 Å². The van der Waals surface area contributed by atoms with Gasteiger partial charge in [0.15, 0.2) is 0 Å². The second-order valence-corrected chi connectivity index (χ2v) is 2.87. The minimum absolute atomic E-state index is 0.197. The van der Waals surface area contributed by atoms with Gasteiger partial charge in [-0.05, 0) is 23.8 Å². The van der Waals surface area contributed by atoms with E-state index in [0.717, 1.165) is 5.56 Å². The molecule has 1 aromatic rings. The van der Waals surface area contributed by atoms with E-state index < -0.39 is 5.97 Å². The van der Waals surface area contributed by atoms with Gasteiger partial charge in [0.25, 0.3) is 0 Å². The fourth-order valence-corrected chi connectivity index (χ4v) is 0.992. The molecule has 0 spiro atoms. The molecular weight excluding hydrogens is 194 g/mol. The van der Waals surface area contributed by atoms with Gasteiger partial charge in [-0.1, -0.05) is 12.1 Å². The van der Waals surface area contributed by atoms with E-state index in [0.29, 0.717) is 0 Å². The zero-order valence-electron chi connectivity index (χ0n) is 8.23. The minimum Gasteiger partial charge on any atom is -0.478 e. The molecule has 0 unspecified atom stereocenters. The molecule has 0 aliphatic carbocycles. The van der Waals surface area contributed by atoms with Gasteiger partial charge in [-0.3, -0.25) is 4.79 Å². The average molecular weight is 205 g/mol. The maximum absolute atomic E-state index is 10.9. The Morgan fingerprint density at radius 3 is 2.33 bits per heavy atom. The van der Waals surface area contributed by atoms with Crippen molar-refractivity contribution in [2.24, 2.45) is 0 Å². The third-order valence-electron chi connectivity index (χ3n) is 1.83. The SMILES string of the molecule is CNC(=O)/C=C/c1ccc(C(=O)O)cc1. The average Bonchev–Trinajstić information content (AvgIpc) is 2.26.